The van der Waals surface area contributed by atoms with Crippen LogP contribution in [0, 0.1) is 6.92 Å². The monoisotopic (exact) mass is 481 g/mol. The highest BCUT2D eigenvalue weighted by Crippen LogP contribution is 2.31. The Balaban J connectivity index is 1.61. The Morgan fingerprint density at radius 3 is 2.65 bits per heavy atom. The smallest absolute Gasteiger partial charge is 0.338 e. The molecule has 178 valence electrons. The van der Waals surface area contributed by atoms with Gasteiger partial charge in [0.25, 0.3) is 0 Å². The van der Waals surface area contributed by atoms with Crippen LogP contribution in [0.5, 0.6) is 0 Å². The molecule has 0 fully saturated rings. The molecule has 0 spiro atoms. The fourth-order valence-electron chi connectivity index (χ4n) is 3.79. The minimum atomic E-state index is -0.741. The van der Waals surface area contributed by atoms with Gasteiger partial charge in [0.15, 0.2) is 5.16 Å². The van der Waals surface area contributed by atoms with Gasteiger partial charge >= 0.3 is 12.0 Å². The first kappa shape index (κ1) is 23.6. The molecule has 4 rings (SSSR count). The van der Waals surface area contributed by atoms with Crippen LogP contribution in [-0.2, 0) is 22.5 Å². The first-order chi connectivity index (χ1) is 16.5. The van der Waals surface area contributed by atoms with E-state index in [-0.39, 0.29) is 6.61 Å². The van der Waals surface area contributed by atoms with Gasteiger partial charge in [-0.15, -0.1) is 10.2 Å². The number of carbonyl (C=O) groups is 2. The number of amides is 2. The maximum Gasteiger partial charge on any atom is 0.338 e. The number of nitrogens with zero attached hydrogens (tertiary/aromatic N) is 3. The predicted molar refractivity (Wildman–Crippen MR) is 127 cm³/mol. The van der Waals surface area contributed by atoms with E-state index < -0.39 is 18.0 Å². The van der Waals surface area contributed by atoms with Gasteiger partial charge in [-0.2, -0.15) is 0 Å². The molecule has 1 aliphatic rings. The standard InChI is InChI=1S/C24H27N5O4S/c1-4-29-19(13-16-9-7-6-8-10-16)27-28-24(29)34-14-17-20(22(30)32-5-2)21(26-23(31)25-17)18-12-11-15(3)33-18/h6-12,21H,4-5,13-14H2,1-3H3,(H2,25,26,31)/t21-/m1/s1. The van der Waals surface area contributed by atoms with Crippen LogP contribution in [-0.4, -0.2) is 39.1 Å². The summed E-state index contributed by atoms with van der Waals surface area (Å²) in [4.78, 5) is 25.3. The van der Waals surface area contributed by atoms with Crippen LogP contribution < -0.4 is 10.6 Å². The summed E-state index contributed by atoms with van der Waals surface area (Å²) in [6.45, 7) is 6.50. The first-order valence-electron chi connectivity index (χ1n) is 11.1. The molecular weight excluding hydrogens is 454 g/mol. The summed E-state index contributed by atoms with van der Waals surface area (Å²) in [7, 11) is 0. The number of rotatable bonds is 9. The second-order valence-electron chi connectivity index (χ2n) is 7.69. The van der Waals surface area contributed by atoms with Gasteiger partial charge in [0.1, 0.15) is 23.4 Å². The number of nitrogens with one attached hydrogen (secondary N) is 2. The zero-order valence-electron chi connectivity index (χ0n) is 19.3. The molecular formula is C24H27N5O4S. The third kappa shape index (κ3) is 5.17. The van der Waals surface area contributed by atoms with Gasteiger partial charge in [0.2, 0.25) is 0 Å². The topological polar surface area (TPSA) is 111 Å². The van der Waals surface area contributed by atoms with E-state index in [0.29, 0.717) is 46.7 Å². The number of aromatic nitrogens is 3. The van der Waals surface area contributed by atoms with Crippen molar-refractivity contribution in [2.24, 2.45) is 0 Å². The van der Waals surface area contributed by atoms with Crippen molar-refractivity contribution in [1.82, 2.24) is 25.4 Å². The highest BCUT2D eigenvalue weighted by Gasteiger charge is 2.35. The maximum absolute atomic E-state index is 12.9. The van der Waals surface area contributed by atoms with Crippen molar-refractivity contribution in [3.63, 3.8) is 0 Å². The second-order valence-corrected chi connectivity index (χ2v) is 8.63. The normalized spacial score (nSPS) is 15.7. The Morgan fingerprint density at radius 1 is 1.18 bits per heavy atom. The lowest BCUT2D eigenvalue weighted by molar-refractivity contribution is -0.139. The quantitative estimate of drug-likeness (QED) is 0.354. The van der Waals surface area contributed by atoms with Crippen LogP contribution in [0.15, 0.2) is 63.3 Å². The summed E-state index contributed by atoms with van der Waals surface area (Å²) in [5.41, 5.74) is 1.92. The second kappa shape index (κ2) is 10.6. The molecule has 2 aromatic heterocycles. The average Bonchev–Trinajstić information content (AvgIpc) is 3.43. The summed E-state index contributed by atoms with van der Waals surface area (Å²) in [6.07, 6.45) is 0.666. The summed E-state index contributed by atoms with van der Waals surface area (Å²) in [5.74, 6) is 1.81. The highest BCUT2D eigenvalue weighted by atomic mass is 32.2. The van der Waals surface area contributed by atoms with Crippen molar-refractivity contribution in [2.45, 2.75) is 44.9 Å². The molecule has 1 atom stereocenters. The van der Waals surface area contributed by atoms with Crippen molar-refractivity contribution in [3.05, 3.63) is 76.6 Å². The number of carbonyl (C=O) groups excluding carboxylic acids is 2. The third-order valence-corrected chi connectivity index (χ3v) is 6.35. The first-order valence-corrected chi connectivity index (χ1v) is 12.1. The molecule has 10 heteroatoms. The Labute approximate surface area is 202 Å². The Bertz CT molecular complexity index is 1200. The summed E-state index contributed by atoms with van der Waals surface area (Å²) >= 11 is 1.40. The Hall–Kier alpha value is -3.53. The molecule has 3 heterocycles. The van der Waals surface area contributed by atoms with Crippen LogP contribution in [0.2, 0.25) is 0 Å². The maximum atomic E-state index is 12.9. The van der Waals surface area contributed by atoms with Crippen molar-refractivity contribution in [2.75, 3.05) is 12.4 Å². The number of ether oxygens (including phenoxy) is 1. The zero-order valence-corrected chi connectivity index (χ0v) is 20.1. The van der Waals surface area contributed by atoms with E-state index in [9.17, 15) is 9.59 Å². The number of hydrogen-bond donors (Lipinski definition) is 2. The summed E-state index contributed by atoms with van der Waals surface area (Å²) in [6, 6.07) is 12.5. The summed E-state index contributed by atoms with van der Waals surface area (Å²) in [5, 5.41) is 15.0. The van der Waals surface area contributed by atoms with Gasteiger partial charge in [0, 0.05) is 24.4 Å². The van der Waals surface area contributed by atoms with Gasteiger partial charge < -0.3 is 24.4 Å². The molecule has 1 aliphatic heterocycles. The number of furan rings is 1. The van der Waals surface area contributed by atoms with Crippen LogP contribution in [0.4, 0.5) is 4.79 Å². The number of urea groups is 1. The molecule has 9 nitrogen and oxygen atoms in total. The lowest BCUT2D eigenvalue weighted by atomic mass is 10.0. The molecule has 0 bridgehead atoms. The summed E-state index contributed by atoms with van der Waals surface area (Å²) < 4.78 is 13.1. The van der Waals surface area contributed by atoms with Crippen molar-refractivity contribution in [1.29, 1.82) is 0 Å². The molecule has 0 saturated heterocycles. The number of aryl methyl sites for hydroxylation is 1. The van der Waals surface area contributed by atoms with Crippen LogP contribution in [0.3, 0.4) is 0 Å². The lowest BCUT2D eigenvalue weighted by Gasteiger charge is -2.27. The molecule has 0 unspecified atom stereocenters. The molecule has 0 radical (unpaired) electrons. The highest BCUT2D eigenvalue weighted by molar-refractivity contribution is 7.99. The van der Waals surface area contributed by atoms with E-state index in [4.69, 9.17) is 9.15 Å². The number of esters is 1. The minimum Gasteiger partial charge on any atom is -0.464 e. The van der Waals surface area contributed by atoms with Crippen LogP contribution in [0.1, 0.15) is 42.8 Å². The van der Waals surface area contributed by atoms with E-state index in [0.717, 1.165) is 11.4 Å². The number of hydrogen-bond acceptors (Lipinski definition) is 7. The Morgan fingerprint density at radius 2 is 1.97 bits per heavy atom. The zero-order chi connectivity index (χ0) is 24.1. The van der Waals surface area contributed by atoms with Crippen molar-refractivity contribution < 1.29 is 18.7 Å². The van der Waals surface area contributed by atoms with Crippen LogP contribution in [0.25, 0.3) is 0 Å². The predicted octanol–water partition coefficient (Wildman–Crippen LogP) is 3.75. The van der Waals surface area contributed by atoms with Gasteiger partial charge in [-0.1, -0.05) is 42.1 Å². The molecule has 2 amide bonds. The average molecular weight is 482 g/mol. The van der Waals surface area contributed by atoms with E-state index in [2.05, 4.69) is 33.0 Å². The van der Waals surface area contributed by atoms with E-state index >= 15 is 0 Å². The minimum absolute atomic E-state index is 0.216. The van der Waals surface area contributed by atoms with Crippen molar-refractivity contribution in [3.8, 4) is 0 Å². The number of benzene rings is 1. The fraction of sp³-hybridized carbons (Fsp3) is 0.333. The van der Waals surface area contributed by atoms with Gasteiger partial charge in [-0.3, -0.25) is 0 Å². The molecule has 1 aromatic carbocycles. The molecule has 34 heavy (non-hydrogen) atoms. The fourth-order valence-corrected chi connectivity index (χ4v) is 4.78. The van der Waals surface area contributed by atoms with E-state index in [1.165, 1.54) is 11.8 Å². The van der Waals surface area contributed by atoms with Gasteiger partial charge in [-0.25, -0.2) is 9.59 Å². The van der Waals surface area contributed by atoms with E-state index in [1.807, 2.05) is 36.6 Å². The molecule has 0 saturated carbocycles. The lowest BCUT2D eigenvalue weighted by Crippen LogP contribution is -2.46. The largest absolute Gasteiger partial charge is 0.464 e. The van der Waals surface area contributed by atoms with E-state index in [1.54, 1.807) is 19.1 Å². The molecule has 0 aliphatic carbocycles. The number of thioether (sulfide) groups is 1. The molecule has 3 aromatic rings. The molecule has 2 N–H and O–H groups in total. The Kier molecular flexibility index (Phi) is 7.36. The van der Waals surface area contributed by atoms with Crippen LogP contribution >= 0.6 is 11.8 Å². The SMILES string of the molecule is CCOC(=O)C1=C(CSc2nnc(Cc3ccccc3)n2CC)NC(=O)N[C@@H]1c1ccc(C)o1. The van der Waals surface area contributed by atoms with Crippen molar-refractivity contribution >= 4 is 23.8 Å². The third-order valence-electron chi connectivity index (χ3n) is 5.36. The van der Waals surface area contributed by atoms with Gasteiger partial charge in [0.05, 0.1) is 12.2 Å². The van der Waals surface area contributed by atoms with Gasteiger partial charge in [-0.05, 0) is 38.5 Å².